The Kier molecular flexibility index (Phi) is 9.04. The first kappa shape index (κ1) is 23.2. The van der Waals surface area contributed by atoms with E-state index in [-0.39, 0.29) is 0 Å². The molecule has 0 aliphatic carbocycles. The van der Waals surface area contributed by atoms with E-state index in [9.17, 15) is 0 Å². The van der Waals surface area contributed by atoms with Crippen molar-refractivity contribution in [2.75, 3.05) is 6.61 Å². The fraction of sp³-hybridized carbons (Fsp3) is 0.290. The average Bonchev–Trinajstić information content (AvgIpc) is 2.82. The average molecular weight is 421 g/mol. The Morgan fingerprint density at radius 3 is 1.94 bits per heavy atom. The molecule has 0 aliphatic rings. The van der Waals surface area contributed by atoms with Gasteiger partial charge in [0, 0.05) is 22.3 Å². The van der Waals surface area contributed by atoms with Crippen LogP contribution in [0.5, 0.6) is 5.75 Å². The first-order valence-corrected chi connectivity index (χ1v) is 11.6. The molecule has 0 unspecified atom stereocenters. The molecule has 0 atom stereocenters. The van der Waals surface area contributed by atoms with E-state index in [1.54, 1.807) is 0 Å². The molecule has 0 aliphatic heterocycles. The van der Waals surface area contributed by atoms with Gasteiger partial charge in [0.25, 0.3) is 0 Å². The molecule has 3 aromatic rings. The number of ether oxygens (including phenoxy) is 1. The molecule has 0 spiro atoms. The predicted molar refractivity (Wildman–Crippen MR) is 135 cm³/mol. The highest BCUT2D eigenvalue weighted by Crippen LogP contribution is 2.14. The Bertz CT molecular complexity index is 1110. The molecular weight excluding hydrogens is 388 g/mol. The largest absolute Gasteiger partial charge is 0.494 e. The highest BCUT2D eigenvalue weighted by molar-refractivity contribution is 5.51. The van der Waals surface area contributed by atoms with Crippen LogP contribution in [0, 0.1) is 30.6 Å². The van der Waals surface area contributed by atoms with E-state index in [0.717, 1.165) is 53.0 Å². The van der Waals surface area contributed by atoms with Crippen LogP contribution in [0.25, 0.3) is 0 Å². The van der Waals surface area contributed by atoms with Crippen molar-refractivity contribution in [3.63, 3.8) is 0 Å². The van der Waals surface area contributed by atoms with Gasteiger partial charge in [-0.3, -0.25) is 0 Å². The second kappa shape index (κ2) is 12.4. The number of rotatable bonds is 7. The van der Waals surface area contributed by atoms with Gasteiger partial charge in [-0.15, -0.1) is 0 Å². The summed E-state index contributed by atoms with van der Waals surface area (Å²) >= 11 is 0. The zero-order valence-corrected chi connectivity index (χ0v) is 19.5. The van der Waals surface area contributed by atoms with Gasteiger partial charge in [-0.2, -0.15) is 0 Å². The number of unbranched alkanes of at least 4 members (excludes halogenated alkanes) is 2. The Labute approximate surface area is 193 Å². The fourth-order valence-corrected chi connectivity index (χ4v) is 3.39. The SMILES string of the molecule is CCCCCOc1ccc(C#Cc2ccc(C#Cc3ccc(CCC)cc3)cc2C)cc1. The van der Waals surface area contributed by atoms with Crippen molar-refractivity contribution in [3.05, 3.63) is 100 Å². The first-order valence-electron chi connectivity index (χ1n) is 11.6. The van der Waals surface area contributed by atoms with Gasteiger partial charge in [0.05, 0.1) is 6.61 Å². The molecule has 0 radical (unpaired) electrons. The molecule has 0 amide bonds. The molecule has 0 saturated carbocycles. The normalized spacial score (nSPS) is 9.97. The van der Waals surface area contributed by atoms with Gasteiger partial charge in [0.1, 0.15) is 5.75 Å². The van der Waals surface area contributed by atoms with E-state index in [0.29, 0.717) is 0 Å². The van der Waals surface area contributed by atoms with Crippen LogP contribution in [0.1, 0.15) is 72.9 Å². The van der Waals surface area contributed by atoms with E-state index in [1.165, 1.54) is 24.8 Å². The maximum Gasteiger partial charge on any atom is 0.119 e. The van der Waals surface area contributed by atoms with Crippen molar-refractivity contribution in [1.82, 2.24) is 0 Å². The highest BCUT2D eigenvalue weighted by atomic mass is 16.5. The summed E-state index contributed by atoms with van der Waals surface area (Å²) in [5.41, 5.74) is 6.57. The third kappa shape index (κ3) is 7.37. The van der Waals surface area contributed by atoms with Gasteiger partial charge in [0.15, 0.2) is 0 Å². The molecule has 1 heteroatoms. The van der Waals surface area contributed by atoms with Crippen LogP contribution in [0.15, 0.2) is 66.7 Å². The predicted octanol–water partition coefficient (Wildman–Crippen LogP) is 7.32. The lowest BCUT2D eigenvalue weighted by atomic mass is 10.0. The second-order valence-corrected chi connectivity index (χ2v) is 8.06. The van der Waals surface area contributed by atoms with Gasteiger partial charge in [0.2, 0.25) is 0 Å². The van der Waals surface area contributed by atoms with Crippen molar-refractivity contribution < 1.29 is 4.74 Å². The minimum Gasteiger partial charge on any atom is -0.494 e. The van der Waals surface area contributed by atoms with Crippen LogP contribution < -0.4 is 4.74 Å². The van der Waals surface area contributed by atoms with Crippen molar-refractivity contribution >= 4 is 0 Å². The number of aryl methyl sites for hydroxylation is 2. The minimum absolute atomic E-state index is 0.775. The molecule has 1 nitrogen and oxygen atoms in total. The van der Waals surface area contributed by atoms with Crippen molar-refractivity contribution in [1.29, 1.82) is 0 Å². The molecule has 0 saturated heterocycles. The smallest absolute Gasteiger partial charge is 0.119 e. The summed E-state index contributed by atoms with van der Waals surface area (Å²) < 4.78 is 5.77. The van der Waals surface area contributed by atoms with Crippen molar-refractivity contribution in [3.8, 4) is 29.4 Å². The zero-order chi connectivity index (χ0) is 22.6. The lowest BCUT2D eigenvalue weighted by molar-refractivity contribution is 0.306. The maximum absolute atomic E-state index is 5.77. The summed E-state index contributed by atoms with van der Waals surface area (Å²) in [5, 5.41) is 0. The van der Waals surface area contributed by atoms with Gasteiger partial charge in [-0.25, -0.2) is 0 Å². The minimum atomic E-state index is 0.775. The van der Waals surface area contributed by atoms with Gasteiger partial charge < -0.3 is 4.74 Å². The summed E-state index contributed by atoms with van der Waals surface area (Å²) in [6.45, 7) is 7.26. The van der Waals surface area contributed by atoms with E-state index < -0.39 is 0 Å². The summed E-state index contributed by atoms with van der Waals surface area (Å²) in [5.74, 6) is 14.0. The molecule has 0 heterocycles. The van der Waals surface area contributed by atoms with Crippen LogP contribution in [-0.2, 0) is 6.42 Å². The van der Waals surface area contributed by atoms with Gasteiger partial charge in [-0.1, -0.05) is 68.9 Å². The molecule has 0 fully saturated rings. The molecule has 3 aromatic carbocycles. The third-order valence-electron chi connectivity index (χ3n) is 5.28. The third-order valence-corrected chi connectivity index (χ3v) is 5.28. The van der Waals surface area contributed by atoms with Crippen LogP contribution in [-0.4, -0.2) is 6.61 Å². The Balaban J connectivity index is 1.62. The Hall–Kier alpha value is -3.42. The monoisotopic (exact) mass is 420 g/mol. The second-order valence-electron chi connectivity index (χ2n) is 8.06. The van der Waals surface area contributed by atoms with Crippen molar-refractivity contribution in [2.45, 2.75) is 52.9 Å². The van der Waals surface area contributed by atoms with E-state index >= 15 is 0 Å². The van der Waals surface area contributed by atoms with Gasteiger partial charge >= 0.3 is 0 Å². The van der Waals surface area contributed by atoms with Crippen LogP contribution in [0.2, 0.25) is 0 Å². The molecule has 32 heavy (non-hydrogen) atoms. The summed E-state index contributed by atoms with van der Waals surface area (Å²) in [6.07, 6.45) is 5.80. The van der Waals surface area contributed by atoms with Crippen LogP contribution >= 0.6 is 0 Å². The highest BCUT2D eigenvalue weighted by Gasteiger charge is 1.98. The molecule has 3 rings (SSSR count). The van der Waals surface area contributed by atoms with E-state index in [4.69, 9.17) is 4.74 Å². The zero-order valence-electron chi connectivity index (χ0n) is 19.5. The number of hydrogen-bond acceptors (Lipinski definition) is 1. The van der Waals surface area contributed by atoms with E-state index in [2.05, 4.69) is 80.9 Å². The lowest BCUT2D eigenvalue weighted by Gasteiger charge is -2.05. The maximum atomic E-state index is 5.77. The van der Waals surface area contributed by atoms with Crippen molar-refractivity contribution in [2.24, 2.45) is 0 Å². The quantitative estimate of drug-likeness (QED) is 0.287. The van der Waals surface area contributed by atoms with Gasteiger partial charge in [-0.05, 0) is 85.5 Å². The Morgan fingerprint density at radius 2 is 1.28 bits per heavy atom. The summed E-state index contributed by atoms with van der Waals surface area (Å²) in [7, 11) is 0. The standard InChI is InChI=1S/C31H32O/c1-4-6-7-23-32-31-21-17-28(18-22-31)15-19-30-20-16-29(24-25(30)3)14-13-27-11-9-26(8-5-2)10-12-27/h9-12,16-18,20-22,24H,4-8,23H2,1-3H3. The van der Waals surface area contributed by atoms with Crippen LogP contribution in [0.3, 0.4) is 0 Å². The molecule has 0 bridgehead atoms. The van der Waals surface area contributed by atoms with E-state index in [1.807, 2.05) is 30.3 Å². The lowest BCUT2D eigenvalue weighted by Crippen LogP contribution is -1.96. The first-order chi connectivity index (χ1) is 15.7. The molecule has 162 valence electrons. The molecular formula is C31H32O. The number of benzene rings is 3. The van der Waals surface area contributed by atoms with Crippen LogP contribution in [0.4, 0.5) is 0 Å². The summed E-state index contributed by atoms with van der Waals surface area (Å²) in [4.78, 5) is 0. The molecule has 0 N–H and O–H groups in total. The summed E-state index contributed by atoms with van der Waals surface area (Å²) in [6, 6.07) is 22.8. The molecule has 0 aromatic heterocycles. The fourth-order valence-electron chi connectivity index (χ4n) is 3.39. The Morgan fingerprint density at radius 1 is 0.656 bits per heavy atom. The topological polar surface area (TPSA) is 9.23 Å². The number of hydrogen-bond donors (Lipinski definition) is 0.